The van der Waals surface area contributed by atoms with Crippen LogP contribution in [0.1, 0.15) is 30.6 Å². The predicted molar refractivity (Wildman–Crippen MR) is 115 cm³/mol. The molecule has 0 unspecified atom stereocenters. The molecule has 1 N–H and O–H groups in total. The van der Waals surface area contributed by atoms with Crippen molar-refractivity contribution >= 4 is 40.7 Å². The van der Waals surface area contributed by atoms with Crippen molar-refractivity contribution in [3.05, 3.63) is 52.0 Å². The average Bonchev–Trinajstić information content (AvgIpc) is 2.70. The van der Waals surface area contributed by atoms with Gasteiger partial charge >= 0.3 is 0 Å². The molecule has 0 radical (unpaired) electrons. The fraction of sp³-hybridized carbons (Fsp3) is 0.333. The van der Waals surface area contributed by atoms with Gasteiger partial charge in [-0.1, -0.05) is 30.1 Å². The summed E-state index contributed by atoms with van der Waals surface area (Å²) in [6.07, 6.45) is 0.700. The number of nitrogens with one attached hydrogen (secondary N) is 1. The predicted octanol–water partition coefficient (Wildman–Crippen LogP) is 4.89. The lowest BCUT2D eigenvalue weighted by Crippen LogP contribution is -2.38. The number of benzene rings is 2. The highest BCUT2D eigenvalue weighted by Gasteiger charge is 2.20. The van der Waals surface area contributed by atoms with E-state index in [0.29, 0.717) is 52.4 Å². The molecule has 0 fully saturated rings. The molecule has 0 aromatic heterocycles. The number of carbonyl (C=O) groups excluding carboxylic acids is 2. The van der Waals surface area contributed by atoms with Crippen LogP contribution in [0.3, 0.4) is 0 Å². The van der Waals surface area contributed by atoms with E-state index in [-0.39, 0.29) is 18.4 Å². The van der Waals surface area contributed by atoms with Gasteiger partial charge in [-0.25, -0.2) is 0 Å². The van der Waals surface area contributed by atoms with E-state index in [1.54, 1.807) is 36.4 Å². The van der Waals surface area contributed by atoms with Gasteiger partial charge in [0.2, 0.25) is 5.91 Å². The van der Waals surface area contributed by atoms with E-state index in [4.69, 9.17) is 32.7 Å². The molecule has 0 atom stereocenters. The summed E-state index contributed by atoms with van der Waals surface area (Å²) in [6.45, 7) is 4.59. The van der Waals surface area contributed by atoms with Crippen molar-refractivity contribution in [2.45, 2.75) is 20.3 Å². The van der Waals surface area contributed by atoms with Crippen LogP contribution in [0.5, 0.6) is 11.5 Å². The van der Waals surface area contributed by atoms with Gasteiger partial charge in [-0.05, 0) is 49.7 Å². The Morgan fingerprint density at radius 2 is 1.83 bits per heavy atom. The van der Waals surface area contributed by atoms with Crippen LogP contribution in [-0.2, 0) is 4.79 Å². The van der Waals surface area contributed by atoms with E-state index in [1.807, 2.05) is 13.8 Å². The van der Waals surface area contributed by atoms with Crippen LogP contribution < -0.4 is 14.8 Å². The van der Waals surface area contributed by atoms with Crippen molar-refractivity contribution in [2.75, 3.05) is 32.1 Å². The van der Waals surface area contributed by atoms with Gasteiger partial charge in [-0.15, -0.1) is 0 Å². The molecule has 0 aliphatic rings. The van der Waals surface area contributed by atoms with Gasteiger partial charge in [0.15, 0.2) is 11.5 Å². The molecule has 156 valence electrons. The Kier molecular flexibility index (Phi) is 8.61. The first-order valence-electron chi connectivity index (χ1n) is 9.24. The number of amides is 2. The molecule has 2 aromatic carbocycles. The van der Waals surface area contributed by atoms with Gasteiger partial charge in [-0.3, -0.25) is 9.59 Å². The molecule has 0 aliphatic carbocycles. The Balaban J connectivity index is 2.16. The lowest BCUT2D eigenvalue weighted by atomic mass is 10.1. The Labute approximate surface area is 180 Å². The molecule has 2 amide bonds. The first-order valence-corrected chi connectivity index (χ1v) is 10.00. The first-order chi connectivity index (χ1) is 13.9. The van der Waals surface area contributed by atoms with Crippen molar-refractivity contribution in [2.24, 2.45) is 0 Å². The summed E-state index contributed by atoms with van der Waals surface area (Å²) in [5.41, 5.74) is 0.808. The van der Waals surface area contributed by atoms with E-state index < -0.39 is 0 Å². The van der Waals surface area contributed by atoms with E-state index in [1.165, 1.54) is 12.0 Å². The average molecular weight is 439 g/mol. The molecular formula is C21H24Cl2N2O4. The van der Waals surface area contributed by atoms with Crippen molar-refractivity contribution in [3.63, 3.8) is 0 Å². The Bertz CT molecular complexity index is 874. The third kappa shape index (κ3) is 6.27. The Morgan fingerprint density at radius 1 is 1.07 bits per heavy atom. The van der Waals surface area contributed by atoms with Gasteiger partial charge in [0.25, 0.3) is 5.91 Å². The maximum atomic E-state index is 13.0. The highest BCUT2D eigenvalue weighted by Crippen LogP contribution is 2.29. The number of hydrogen-bond donors (Lipinski definition) is 1. The number of halogens is 2. The maximum Gasteiger partial charge on any atom is 0.254 e. The van der Waals surface area contributed by atoms with E-state index in [0.717, 1.165) is 0 Å². The number of rotatable bonds is 9. The molecule has 0 saturated heterocycles. The van der Waals surface area contributed by atoms with Crippen LogP contribution >= 0.6 is 23.2 Å². The summed E-state index contributed by atoms with van der Waals surface area (Å²) >= 11 is 12.0. The second-order valence-corrected chi connectivity index (χ2v) is 7.04. The minimum absolute atomic E-state index is 0.120. The Hall–Kier alpha value is -2.44. The monoisotopic (exact) mass is 438 g/mol. The zero-order valence-electron chi connectivity index (χ0n) is 16.6. The fourth-order valence-electron chi connectivity index (χ4n) is 2.74. The highest BCUT2D eigenvalue weighted by molar-refractivity contribution is 6.35. The number of ether oxygens (including phenoxy) is 2. The second-order valence-electron chi connectivity index (χ2n) is 6.20. The highest BCUT2D eigenvalue weighted by atomic mass is 35.5. The minimum Gasteiger partial charge on any atom is -0.493 e. The number of methoxy groups -OCH3 is 1. The summed E-state index contributed by atoms with van der Waals surface area (Å²) in [7, 11) is 1.51. The lowest BCUT2D eigenvalue weighted by molar-refractivity contribution is -0.116. The third-order valence-corrected chi connectivity index (χ3v) is 4.59. The van der Waals surface area contributed by atoms with Crippen LogP contribution in [-0.4, -0.2) is 43.5 Å². The van der Waals surface area contributed by atoms with E-state index in [2.05, 4.69) is 5.32 Å². The molecule has 0 saturated carbocycles. The van der Waals surface area contributed by atoms with Crippen molar-refractivity contribution < 1.29 is 19.1 Å². The smallest absolute Gasteiger partial charge is 0.254 e. The van der Waals surface area contributed by atoms with Crippen LogP contribution in [0, 0.1) is 0 Å². The minimum atomic E-state index is -0.367. The summed E-state index contributed by atoms with van der Waals surface area (Å²) in [6, 6.07) is 9.75. The fourth-order valence-corrected chi connectivity index (χ4v) is 3.07. The van der Waals surface area contributed by atoms with E-state index in [9.17, 15) is 9.59 Å². The first kappa shape index (κ1) is 22.8. The van der Waals surface area contributed by atoms with Crippen LogP contribution in [0.15, 0.2) is 36.4 Å². The van der Waals surface area contributed by atoms with Crippen molar-refractivity contribution in [1.29, 1.82) is 0 Å². The topological polar surface area (TPSA) is 67.9 Å². The van der Waals surface area contributed by atoms with E-state index >= 15 is 0 Å². The van der Waals surface area contributed by atoms with Gasteiger partial charge in [-0.2, -0.15) is 0 Å². The number of carbonyl (C=O) groups is 2. The van der Waals surface area contributed by atoms with Gasteiger partial charge in [0.05, 0.1) is 24.4 Å². The summed E-state index contributed by atoms with van der Waals surface area (Å²) in [5.74, 6) is 0.376. The molecule has 8 heteroatoms. The molecular weight excluding hydrogens is 415 g/mol. The number of nitrogens with zero attached hydrogens (tertiary/aromatic N) is 1. The SMILES string of the molecule is CCCN(CC(=O)Nc1cc(Cl)ccc1Cl)C(=O)c1ccc(OCC)c(OC)c1. The van der Waals surface area contributed by atoms with Crippen LogP contribution in [0.25, 0.3) is 0 Å². The quantitative estimate of drug-likeness (QED) is 0.604. The zero-order valence-corrected chi connectivity index (χ0v) is 18.1. The number of hydrogen-bond acceptors (Lipinski definition) is 4. The molecule has 0 aliphatic heterocycles. The van der Waals surface area contributed by atoms with Crippen LogP contribution in [0.2, 0.25) is 10.0 Å². The third-order valence-electron chi connectivity index (χ3n) is 4.03. The summed E-state index contributed by atoms with van der Waals surface area (Å²) in [5, 5.41) is 3.52. The molecule has 0 heterocycles. The standard InChI is InChI=1S/C21H24Cl2N2O4/c1-4-10-25(13-20(26)24-17-12-15(22)7-8-16(17)23)21(27)14-6-9-18(29-5-2)19(11-14)28-3/h6-9,11-12H,4-5,10,13H2,1-3H3,(H,24,26). The summed E-state index contributed by atoms with van der Waals surface area (Å²) in [4.78, 5) is 27.0. The lowest BCUT2D eigenvalue weighted by Gasteiger charge is -2.22. The second kappa shape index (κ2) is 10.9. The van der Waals surface area contributed by atoms with Gasteiger partial charge in [0, 0.05) is 17.1 Å². The largest absolute Gasteiger partial charge is 0.493 e. The Morgan fingerprint density at radius 3 is 2.48 bits per heavy atom. The molecule has 29 heavy (non-hydrogen) atoms. The summed E-state index contributed by atoms with van der Waals surface area (Å²) < 4.78 is 10.8. The molecule has 2 aromatic rings. The van der Waals surface area contributed by atoms with Crippen molar-refractivity contribution in [1.82, 2.24) is 4.90 Å². The molecule has 0 spiro atoms. The number of anilines is 1. The van der Waals surface area contributed by atoms with Gasteiger partial charge < -0.3 is 19.7 Å². The zero-order chi connectivity index (χ0) is 21.4. The molecule has 6 nitrogen and oxygen atoms in total. The maximum absolute atomic E-state index is 13.0. The molecule has 0 bridgehead atoms. The van der Waals surface area contributed by atoms with Gasteiger partial charge in [0.1, 0.15) is 6.54 Å². The molecule has 2 rings (SSSR count). The van der Waals surface area contributed by atoms with Crippen molar-refractivity contribution in [3.8, 4) is 11.5 Å². The van der Waals surface area contributed by atoms with Crippen LogP contribution in [0.4, 0.5) is 5.69 Å². The normalized spacial score (nSPS) is 10.4.